The molecule has 6 nitrogen and oxygen atoms in total. The predicted molar refractivity (Wildman–Crippen MR) is 106 cm³/mol. The Morgan fingerprint density at radius 2 is 1.69 bits per heavy atom. The van der Waals surface area contributed by atoms with Gasteiger partial charge in [0.25, 0.3) is 0 Å². The summed E-state index contributed by atoms with van der Waals surface area (Å²) in [6, 6.07) is 12.9. The predicted octanol–water partition coefficient (Wildman–Crippen LogP) is 4.99. The van der Waals surface area contributed by atoms with Crippen LogP contribution in [0.3, 0.4) is 0 Å². The van der Waals surface area contributed by atoms with Crippen molar-refractivity contribution in [3.8, 4) is 0 Å². The van der Waals surface area contributed by atoms with E-state index in [-0.39, 0.29) is 6.03 Å². The number of carbonyl (C=O) groups excluding carboxylic acids is 2. The first-order valence-corrected chi connectivity index (χ1v) is 9.00. The van der Waals surface area contributed by atoms with Crippen LogP contribution < -0.4 is 10.6 Å². The van der Waals surface area contributed by atoms with Crippen LogP contribution in [0.4, 0.5) is 21.0 Å². The van der Waals surface area contributed by atoms with Crippen molar-refractivity contribution in [1.82, 2.24) is 4.90 Å². The number of benzene rings is 2. The third kappa shape index (κ3) is 5.49. The average Bonchev–Trinajstić information content (AvgIpc) is 2.60. The van der Waals surface area contributed by atoms with E-state index in [0.717, 1.165) is 15.6 Å². The van der Waals surface area contributed by atoms with Crippen LogP contribution in [0.25, 0.3) is 0 Å². The minimum absolute atomic E-state index is 0.232. The Bertz CT molecular complexity index is 778. The monoisotopic (exact) mass is 419 g/mol. The molecule has 7 heteroatoms. The lowest BCUT2D eigenvalue weighted by molar-refractivity contribution is 0.168. The van der Waals surface area contributed by atoms with Crippen molar-refractivity contribution >= 4 is 39.4 Å². The van der Waals surface area contributed by atoms with E-state index >= 15 is 0 Å². The van der Waals surface area contributed by atoms with Gasteiger partial charge in [-0.05, 0) is 49.2 Å². The maximum absolute atomic E-state index is 12.5. The Kier molecular flexibility index (Phi) is 7.03. The normalized spacial score (nSPS) is 10.2. The lowest BCUT2D eigenvalue weighted by Gasteiger charge is -2.20. The molecule has 2 aromatic carbocycles. The molecule has 0 heterocycles. The van der Waals surface area contributed by atoms with Crippen LogP contribution in [0, 0.1) is 6.92 Å². The standard InChI is InChI=1S/C19H22BrN3O3/c1-4-26-19(25)22-17-7-5-6-16(13(17)2)21-18(24)23(3)12-14-8-10-15(20)11-9-14/h5-11H,4,12H2,1-3H3,(H,21,24)(H,22,25). The number of urea groups is 1. The largest absolute Gasteiger partial charge is 0.450 e. The Morgan fingerprint density at radius 1 is 1.08 bits per heavy atom. The first-order valence-electron chi connectivity index (χ1n) is 8.20. The molecule has 0 saturated heterocycles. The lowest BCUT2D eigenvalue weighted by atomic mass is 10.1. The molecule has 0 unspecified atom stereocenters. The van der Waals surface area contributed by atoms with Gasteiger partial charge < -0.3 is 15.0 Å². The number of amides is 3. The van der Waals surface area contributed by atoms with Crippen molar-refractivity contribution in [1.29, 1.82) is 0 Å². The number of rotatable bonds is 5. The molecule has 0 aliphatic rings. The Morgan fingerprint density at radius 3 is 2.31 bits per heavy atom. The Hall–Kier alpha value is -2.54. The van der Waals surface area contributed by atoms with Crippen LogP contribution in [0.1, 0.15) is 18.1 Å². The molecule has 0 atom stereocenters. The van der Waals surface area contributed by atoms with E-state index in [1.807, 2.05) is 31.2 Å². The molecule has 26 heavy (non-hydrogen) atoms. The van der Waals surface area contributed by atoms with E-state index < -0.39 is 6.09 Å². The van der Waals surface area contributed by atoms with E-state index in [2.05, 4.69) is 26.6 Å². The maximum atomic E-state index is 12.5. The SMILES string of the molecule is CCOC(=O)Nc1cccc(NC(=O)N(C)Cc2ccc(Br)cc2)c1C. The first kappa shape index (κ1) is 19.8. The molecular formula is C19H22BrN3O3. The Labute approximate surface area is 161 Å². The average molecular weight is 420 g/mol. The highest BCUT2D eigenvalue weighted by Crippen LogP contribution is 2.24. The topological polar surface area (TPSA) is 70.7 Å². The zero-order valence-electron chi connectivity index (χ0n) is 15.0. The number of halogens is 1. The fourth-order valence-electron chi connectivity index (χ4n) is 2.33. The van der Waals surface area contributed by atoms with Gasteiger partial charge in [0, 0.05) is 29.4 Å². The van der Waals surface area contributed by atoms with E-state index in [1.54, 1.807) is 37.1 Å². The smallest absolute Gasteiger partial charge is 0.411 e. The highest BCUT2D eigenvalue weighted by Gasteiger charge is 2.13. The number of ether oxygens (including phenoxy) is 1. The molecule has 0 saturated carbocycles. The van der Waals surface area contributed by atoms with Gasteiger partial charge in [0.15, 0.2) is 0 Å². The van der Waals surface area contributed by atoms with Crippen LogP contribution >= 0.6 is 15.9 Å². The molecule has 138 valence electrons. The minimum Gasteiger partial charge on any atom is -0.450 e. The molecule has 0 aliphatic carbocycles. The molecule has 3 amide bonds. The summed E-state index contributed by atoms with van der Waals surface area (Å²) in [5.74, 6) is 0. The van der Waals surface area contributed by atoms with Gasteiger partial charge in [-0.3, -0.25) is 5.32 Å². The van der Waals surface area contributed by atoms with Gasteiger partial charge in [-0.1, -0.05) is 34.1 Å². The van der Waals surface area contributed by atoms with E-state index in [0.29, 0.717) is 24.5 Å². The number of carbonyl (C=O) groups is 2. The molecule has 2 N–H and O–H groups in total. The molecule has 0 fully saturated rings. The number of hydrogen-bond donors (Lipinski definition) is 2. The lowest BCUT2D eigenvalue weighted by Crippen LogP contribution is -2.31. The summed E-state index contributed by atoms with van der Waals surface area (Å²) in [6.45, 7) is 4.34. The summed E-state index contributed by atoms with van der Waals surface area (Å²) >= 11 is 3.39. The summed E-state index contributed by atoms with van der Waals surface area (Å²) < 4.78 is 5.88. The van der Waals surface area contributed by atoms with E-state index in [9.17, 15) is 9.59 Å². The second-order valence-electron chi connectivity index (χ2n) is 5.74. The minimum atomic E-state index is -0.522. The first-order chi connectivity index (χ1) is 12.4. The van der Waals surface area contributed by atoms with Crippen molar-refractivity contribution in [2.75, 3.05) is 24.3 Å². The van der Waals surface area contributed by atoms with Gasteiger partial charge in [-0.15, -0.1) is 0 Å². The maximum Gasteiger partial charge on any atom is 0.411 e. The molecule has 0 aliphatic heterocycles. The summed E-state index contributed by atoms with van der Waals surface area (Å²) in [6.07, 6.45) is -0.522. The summed E-state index contributed by atoms with van der Waals surface area (Å²) in [5, 5.41) is 5.54. The molecular weight excluding hydrogens is 398 g/mol. The third-order valence-corrected chi connectivity index (χ3v) is 4.30. The second kappa shape index (κ2) is 9.24. The second-order valence-corrected chi connectivity index (χ2v) is 6.65. The van der Waals surface area contributed by atoms with E-state index in [4.69, 9.17) is 4.74 Å². The molecule has 2 aromatic rings. The molecule has 0 spiro atoms. The van der Waals surface area contributed by atoms with Crippen LogP contribution in [0.5, 0.6) is 0 Å². The molecule has 0 radical (unpaired) electrons. The van der Waals surface area contributed by atoms with Gasteiger partial charge in [0.2, 0.25) is 0 Å². The van der Waals surface area contributed by atoms with Crippen LogP contribution in [-0.2, 0) is 11.3 Å². The van der Waals surface area contributed by atoms with E-state index in [1.165, 1.54) is 0 Å². The fraction of sp³-hybridized carbons (Fsp3) is 0.263. The Balaban J connectivity index is 2.03. The van der Waals surface area contributed by atoms with Gasteiger partial charge in [-0.25, -0.2) is 9.59 Å². The van der Waals surface area contributed by atoms with Gasteiger partial charge in [0.05, 0.1) is 6.61 Å². The van der Waals surface area contributed by atoms with Gasteiger partial charge in [-0.2, -0.15) is 0 Å². The zero-order valence-corrected chi connectivity index (χ0v) is 16.6. The van der Waals surface area contributed by atoms with Crippen molar-refractivity contribution in [2.45, 2.75) is 20.4 Å². The number of nitrogens with one attached hydrogen (secondary N) is 2. The van der Waals surface area contributed by atoms with Crippen molar-refractivity contribution < 1.29 is 14.3 Å². The van der Waals surface area contributed by atoms with Gasteiger partial charge >= 0.3 is 12.1 Å². The highest BCUT2D eigenvalue weighted by molar-refractivity contribution is 9.10. The highest BCUT2D eigenvalue weighted by atomic mass is 79.9. The van der Waals surface area contributed by atoms with Crippen molar-refractivity contribution in [3.05, 3.63) is 58.1 Å². The van der Waals surface area contributed by atoms with Crippen molar-refractivity contribution in [2.24, 2.45) is 0 Å². The number of nitrogens with zero attached hydrogens (tertiary/aromatic N) is 1. The van der Waals surface area contributed by atoms with Gasteiger partial charge in [0.1, 0.15) is 0 Å². The van der Waals surface area contributed by atoms with Crippen LogP contribution in [0.15, 0.2) is 46.9 Å². The van der Waals surface area contributed by atoms with Crippen molar-refractivity contribution in [3.63, 3.8) is 0 Å². The molecule has 0 bridgehead atoms. The molecule has 0 aromatic heterocycles. The number of hydrogen-bond acceptors (Lipinski definition) is 3. The summed E-state index contributed by atoms with van der Waals surface area (Å²) in [7, 11) is 1.73. The van der Waals surface area contributed by atoms with Crippen LogP contribution in [0.2, 0.25) is 0 Å². The zero-order chi connectivity index (χ0) is 19.1. The third-order valence-electron chi connectivity index (χ3n) is 3.77. The quantitative estimate of drug-likeness (QED) is 0.716. The summed E-state index contributed by atoms with van der Waals surface area (Å²) in [4.78, 5) is 25.7. The van der Waals surface area contributed by atoms with Crippen LogP contribution in [-0.4, -0.2) is 30.7 Å². The fourth-order valence-corrected chi connectivity index (χ4v) is 2.59. The molecule has 2 rings (SSSR count). The number of anilines is 2. The summed E-state index contributed by atoms with van der Waals surface area (Å²) in [5.41, 5.74) is 3.01.